The first kappa shape index (κ1) is 30.5. The van der Waals surface area contributed by atoms with E-state index in [1.807, 2.05) is 13.8 Å². The van der Waals surface area contributed by atoms with Gasteiger partial charge in [-0.25, -0.2) is 8.42 Å². The number of nitrogens with zero attached hydrogens (tertiary/aromatic N) is 2. The molecule has 0 radical (unpaired) electrons. The molecule has 7 nitrogen and oxygen atoms in total. The lowest BCUT2D eigenvalue weighted by Gasteiger charge is -2.33. The topological polar surface area (TPSA) is 86.8 Å². The van der Waals surface area contributed by atoms with Crippen molar-refractivity contribution in [3.8, 4) is 0 Å². The van der Waals surface area contributed by atoms with Crippen LogP contribution in [0.25, 0.3) is 0 Å². The molecule has 2 amide bonds. The minimum atomic E-state index is -4.19. The van der Waals surface area contributed by atoms with Crippen LogP contribution in [0.4, 0.5) is 5.69 Å². The summed E-state index contributed by atoms with van der Waals surface area (Å²) in [6.45, 7) is 5.65. The Morgan fingerprint density at radius 2 is 1.46 bits per heavy atom. The number of amides is 2. The molecular formula is C29H33Cl2N3O4S. The fourth-order valence-corrected chi connectivity index (χ4v) is 5.98. The lowest BCUT2D eigenvalue weighted by atomic mass is 10.1. The molecule has 0 aromatic heterocycles. The number of halogens is 2. The Morgan fingerprint density at radius 3 is 2.05 bits per heavy atom. The quantitative estimate of drug-likeness (QED) is 0.290. The van der Waals surface area contributed by atoms with Gasteiger partial charge in [-0.15, -0.1) is 0 Å². The van der Waals surface area contributed by atoms with Gasteiger partial charge >= 0.3 is 0 Å². The van der Waals surface area contributed by atoms with Gasteiger partial charge in [0.15, 0.2) is 0 Å². The standard InChI is InChI=1S/C29H33Cl2N3O4S/c1-4-26(29(36)32-18-21(2)3)33(19-22-12-8-9-15-24(22)30)28(35)20-34(27-17-11-10-16-25(27)31)39(37,38)23-13-6-5-7-14-23/h5-17,21,26H,4,18-20H2,1-3H3,(H,32,36)/t26-/m1/s1. The highest BCUT2D eigenvalue weighted by Crippen LogP contribution is 2.31. The highest BCUT2D eigenvalue weighted by molar-refractivity contribution is 7.92. The second-order valence-electron chi connectivity index (χ2n) is 9.45. The van der Waals surface area contributed by atoms with Crippen molar-refractivity contribution in [3.05, 3.63) is 94.5 Å². The Hall–Kier alpha value is -3.07. The summed E-state index contributed by atoms with van der Waals surface area (Å²) in [5, 5.41) is 3.51. The van der Waals surface area contributed by atoms with Gasteiger partial charge in [0, 0.05) is 18.1 Å². The number of para-hydroxylation sites is 1. The fourth-order valence-electron chi connectivity index (χ4n) is 4.04. The van der Waals surface area contributed by atoms with Crippen LogP contribution in [0, 0.1) is 5.92 Å². The van der Waals surface area contributed by atoms with Gasteiger partial charge in [0.25, 0.3) is 10.0 Å². The van der Waals surface area contributed by atoms with Gasteiger partial charge in [-0.1, -0.05) is 92.5 Å². The molecule has 10 heteroatoms. The highest BCUT2D eigenvalue weighted by atomic mass is 35.5. The van der Waals surface area contributed by atoms with Crippen LogP contribution >= 0.6 is 23.2 Å². The second-order valence-corrected chi connectivity index (χ2v) is 12.1. The molecule has 0 spiro atoms. The first-order valence-electron chi connectivity index (χ1n) is 12.7. The molecule has 0 saturated heterocycles. The van der Waals surface area contributed by atoms with Gasteiger partial charge in [0.2, 0.25) is 11.8 Å². The third-order valence-corrected chi connectivity index (χ3v) is 8.56. The normalized spacial score (nSPS) is 12.2. The van der Waals surface area contributed by atoms with Crippen LogP contribution in [0.15, 0.2) is 83.8 Å². The highest BCUT2D eigenvalue weighted by Gasteiger charge is 2.34. The zero-order valence-electron chi connectivity index (χ0n) is 22.2. The first-order valence-corrected chi connectivity index (χ1v) is 14.9. The largest absolute Gasteiger partial charge is 0.354 e. The van der Waals surface area contributed by atoms with Crippen molar-refractivity contribution >= 4 is 50.7 Å². The molecule has 0 aliphatic heterocycles. The van der Waals surface area contributed by atoms with Crippen molar-refractivity contribution in [1.82, 2.24) is 10.2 Å². The van der Waals surface area contributed by atoms with E-state index in [0.717, 1.165) is 4.31 Å². The molecule has 1 atom stereocenters. The van der Waals surface area contributed by atoms with E-state index < -0.39 is 28.5 Å². The van der Waals surface area contributed by atoms with E-state index in [1.54, 1.807) is 73.7 Å². The molecule has 0 aliphatic carbocycles. The van der Waals surface area contributed by atoms with Crippen LogP contribution in [0.2, 0.25) is 10.0 Å². The average Bonchev–Trinajstić information content (AvgIpc) is 2.92. The molecule has 39 heavy (non-hydrogen) atoms. The minimum absolute atomic E-state index is 0.0112. The number of nitrogens with one attached hydrogen (secondary N) is 1. The second kappa shape index (κ2) is 13.8. The van der Waals surface area contributed by atoms with Crippen LogP contribution in [0.3, 0.4) is 0 Å². The molecule has 208 valence electrons. The minimum Gasteiger partial charge on any atom is -0.354 e. The van der Waals surface area contributed by atoms with Crippen molar-refractivity contribution in [2.24, 2.45) is 5.92 Å². The van der Waals surface area contributed by atoms with E-state index >= 15 is 0 Å². The number of carbonyl (C=O) groups is 2. The van der Waals surface area contributed by atoms with Crippen LogP contribution < -0.4 is 9.62 Å². The van der Waals surface area contributed by atoms with Crippen LogP contribution in [-0.4, -0.2) is 44.3 Å². The maximum absolute atomic E-state index is 14.0. The summed E-state index contributed by atoms with van der Waals surface area (Å²) >= 11 is 12.8. The summed E-state index contributed by atoms with van der Waals surface area (Å²) < 4.78 is 28.6. The summed E-state index contributed by atoms with van der Waals surface area (Å²) in [4.78, 5) is 28.7. The number of benzene rings is 3. The predicted molar refractivity (Wildman–Crippen MR) is 156 cm³/mol. The van der Waals surface area contributed by atoms with Crippen molar-refractivity contribution in [1.29, 1.82) is 0 Å². The number of hydrogen-bond acceptors (Lipinski definition) is 4. The number of rotatable bonds is 12. The van der Waals surface area contributed by atoms with Crippen molar-refractivity contribution in [2.45, 2.75) is 44.7 Å². The molecular weight excluding hydrogens is 557 g/mol. The Morgan fingerprint density at radius 1 is 0.872 bits per heavy atom. The van der Waals surface area contributed by atoms with Gasteiger partial charge in [0.05, 0.1) is 15.6 Å². The summed E-state index contributed by atoms with van der Waals surface area (Å²) in [7, 11) is -4.19. The molecule has 0 aliphatic rings. The Labute approximate surface area is 240 Å². The van der Waals surface area contributed by atoms with Crippen LogP contribution in [0.1, 0.15) is 32.8 Å². The number of hydrogen-bond donors (Lipinski definition) is 1. The van der Waals surface area contributed by atoms with E-state index in [2.05, 4.69) is 5.32 Å². The van der Waals surface area contributed by atoms with E-state index in [0.29, 0.717) is 23.6 Å². The Balaban J connectivity index is 2.06. The van der Waals surface area contributed by atoms with Gasteiger partial charge in [-0.2, -0.15) is 0 Å². The van der Waals surface area contributed by atoms with E-state index in [-0.39, 0.29) is 34.0 Å². The maximum Gasteiger partial charge on any atom is 0.264 e. The smallest absolute Gasteiger partial charge is 0.264 e. The first-order chi connectivity index (χ1) is 18.6. The van der Waals surface area contributed by atoms with Gasteiger partial charge in [0.1, 0.15) is 12.6 Å². The zero-order valence-corrected chi connectivity index (χ0v) is 24.5. The lowest BCUT2D eigenvalue weighted by molar-refractivity contribution is -0.140. The molecule has 3 rings (SSSR count). The van der Waals surface area contributed by atoms with Crippen molar-refractivity contribution < 1.29 is 18.0 Å². The molecule has 0 unspecified atom stereocenters. The predicted octanol–water partition coefficient (Wildman–Crippen LogP) is 5.77. The summed E-state index contributed by atoms with van der Waals surface area (Å²) in [5.41, 5.74) is 0.796. The number of sulfonamides is 1. The number of anilines is 1. The summed E-state index contributed by atoms with van der Waals surface area (Å²) in [5.74, 6) is -0.673. The molecule has 0 heterocycles. The Bertz CT molecular complexity index is 1380. The van der Waals surface area contributed by atoms with E-state index in [9.17, 15) is 18.0 Å². The van der Waals surface area contributed by atoms with Gasteiger partial charge < -0.3 is 10.2 Å². The molecule has 3 aromatic rings. The molecule has 1 N–H and O–H groups in total. The Kier molecular flexibility index (Phi) is 10.8. The molecule has 0 saturated carbocycles. The van der Waals surface area contributed by atoms with Crippen LogP contribution in [-0.2, 0) is 26.2 Å². The third kappa shape index (κ3) is 7.75. The third-order valence-electron chi connectivity index (χ3n) is 6.10. The van der Waals surface area contributed by atoms with Gasteiger partial charge in [-0.05, 0) is 48.2 Å². The SMILES string of the molecule is CC[C@H](C(=O)NCC(C)C)N(Cc1ccccc1Cl)C(=O)CN(c1ccccc1Cl)S(=O)(=O)c1ccccc1. The van der Waals surface area contributed by atoms with Crippen molar-refractivity contribution in [3.63, 3.8) is 0 Å². The molecule has 0 bridgehead atoms. The lowest BCUT2D eigenvalue weighted by Crippen LogP contribution is -2.52. The van der Waals surface area contributed by atoms with E-state index in [4.69, 9.17) is 23.2 Å². The number of carbonyl (C=O) groups excluding carboxylic acids is 2. The maximum atomic E-state index is 14.0. The van der Waals surface area contributed by atoms with Gasteiger partial charge in [-0.3, -0.25) is 13.9 Å². The van der Waals surface area contributed by atoms with Crippen molar-refractivity contribution in [2.75, 3.05) is 17.4 Å². The monoisotopic (exact) mass is 589 g/mol. The zero-order chi connectivity index (χ0) is 28.6. The average molecular weight is 591 g/mol. The fraction of sp³-hybridized carbons (Fsp3) is 0.310. The molecule has 0 fully saturated rings. The molecule has 3 aromatic carbocycles. The van der Waals surface area contributed by atoms with Crippen LogP contribution in [0.5, 0.6) is 0 Å². The van der Waals surface area contributed by atoms with E-state index in [1.165, 1.54) is 17.0 Å². The summed E-state index contributed by atoms with van der Waals surface area (Å²) in [6.07, 6.45) is 0.317. The summed E-state index contributed by atoms with van der Waals surface area (Å²) in [6, 6.07) is 20.5.